The molecule has 7 heteroatoms. The third-order valence-electron chi connectivity index (χ3n) is 5.78. The summed E-state index contributed by atoms with van der Waals surface area (Å²) < 4.78 is 19.4. The number of fused-ring (bicyclic) bond motifs is 1. The van der Waals surface area contributed by atoms with Crippen molar-refractivity contribution in [3.8, 4) is 11.1 Å². The van der Waals surface area contributed by atoms with Crippen LogP contribution in [0.4, 0.5) is 15.0 Å². The molecule has 0 bridgehead atoms. The monoisotopic (exact) mass is 430 g/mol. The Labute approximate surface area is 185 Å². The fourth-order valence-corrected chi connectivity index (χ4v) is 4.06. The van der Waals surface area contributed by atoms with E-state index in [0.29, 0.717) is 30.1 Å². The van der Waals surface area contributed by atoms with Gasteiger partial charge in [0.1, 0.15) is 5.82 Å². The topological polar surface area (TPSA) is 61.6 Å². The van der Waals surface area contributed by atoms with Crippen LogP contribution in [0.25, 0.3) is 22.1 Å². The highest BCUT2D eigenvalue weighted by molar-refractivity contribution is 5.98. The van der Waals surface area contributed by atoms with Gasteiger partial charge in [-0.2, -0.15) is 0 Å². The van der Waals surface area contributed by atoms with E-state index in [1.54, 1.807) is 17.0 Å². The molecule has 0 saturated carbocycles. The van der Waals surface area contributed by atoms with Crippen LogP contribution in [-0.4, -0.2) is 47.2 Å². The van der Waals surface area contributed by atoms with Gasteiger partial charge in [0.15, 0.2) is 11.4 Å². The number of hydrogen-bond acceptors (Lipinski definition) is 4. The quantitative estimate of drug-likeness (QED) is 0.496. The van der Waals surface area contributed by atoms with E-state index >= 15 is 0 Å². The standard InChI is InChI=1S/C25H23FN4O2/c26-22-10-3-1-8-20(22)19-7-5-6-18(16-19)17-29-12-14-30(15-13-29)25(31)27-24-21-9-2-4-11-23(21)32-28-24/h1-11,16H,12-15,17H2,(H,27,28,31). The minimum absolute atomic E-state index is 0.176. The van der Waals surface area contributed by atoms with E-state index in [0.717, 1.165) is 36.1 Å². The highest BCUT2D eigenvalue weighted by Crippen LogP contribution is 2.25. The van der Waals surface area contributed by atoms with E-state index in [1.807, 2.05) is 48.5 Å². The molecule has 1 aromatic heterocycles. The van der Waals surface area contributed by atoms with Crippen molar-refractivity contribution >= 4 is 22.8 Å². The van der Waals surface area contributed by atoms with Crippen molar-refractivity contribution in [2.75, 3.05) is 31.5 Å². The fourth-order valence-electron chi connectivity index (χ4n) is 4.06. The van der Waals surface area contributed by atoms with E-state index in [9.17, 15) is 9.18 Å². The third-order valence-corrected chi connectivity index (χ3v) is 5.78. The second kappa shape index (κ2) is 8.80. The Bertz CT molecular complexity index is 1250. The van der Waals surface area contributed by atoms with Crippen LogP contribution < -0.4 is 5.32 Å². The molecule has 0 spiro atoms. The van der Waals surface area contributed by atoms with Crippen LogP contribution in [0.1, 0.15) is 5.56 Å². The Hall–Kier alpha value is -3.71. The maximum atomic E-state index is 14.1. The summed E-state index contributed by atoms with van der Waals surface area (Å²) in [6.07, 6.45) is 0. The number of halogens is 1. The molecule has 2 heterocycles. The van der Waals surface area contributed by atoms with E-state index in [-0.39, 0.29) is 11.8 Å². The van der Waals surface area contributed by atoms with Crippen molar-refractivity contribution in [3.05, 3.63) is 84.2 Å². The molecule has 3 aromatic carbocycles. The molecule has 32 heavy (non-hydrogen) atoms. The van der Waals surface area contributed by atoms with Gasteiger partial charge in [-0.1, -0.05) is 53.7 Å². The van der Waals surface area contributed by atoms with Crippen LogP contribution in [0.3, 0.4) is 0 Å². The number of rotatable bonds is 4. The lowest BCUT2D eigenvalue weighted by Gasteiger charge is -2.34. The number of carbonyl (C=O) groups is 1. The number of carbonyl (C=O) groups excluding carboxylic acids is 1. The van der Waals surface area contributed by atoms with Crippen LogP contribution in [0.15, 0.2) is 77.3 Å². The molecule has 0 unspecified atom stereocenters. The minimum atomic E-state index is -0.218. The summed E-state index contributed by atoms with van der Waals surface area (Å²) in [5, 5.41) is 7.61. The predicted molar refractivity (Wildman–Crippen MR) is 122 cm³/mol. The molecule has 2 amide bonds. The number of benzene rings is 3. The van der Waals surface area contributed by atoms with Gasteiger partial charge < -0.3 is 9.42 Å². The molecule has 1 fully saturated rings. The third kappa shape index (κ3) is 4.20. The van der Waals surface area contributed by atoms with E-state index in [4.69, 9.17) is 4.52 Å². The molecule has 1 aliphatic rings. The summed E-state index contributed by atoms with van der Waals surface area (Å²) in [5.41, 5.74) is 3.25. The van der Waals surface area contributed by atoms with Gasteiger partial charge in [0.25, 0.3) is 0 Å². The summed E-state index contributed by atoms with van der Waals surface area (Å²) in [4.78, 5) is 16.8. The predicted octanol–water partition coefficient (Wildman–Crippen LogP) is 4.98. The normalized spacial score (nSPS) is 14.6. The number of anilines is 1. The van der Waals surface area contributed by atoms with Crippen LogP contribution in [0.2, 0.25) is 0 Å². The number of nitrogens with zero attached hydrogens (tertiary/aromatic N) is 3. The largest absolute Gasteiger partial charge is 0.354 e. The number of piperazine rings is 1. The molecule has 4 aromatic rings. The van der Waals surface area contributed by atoms with Crippen molar-refractivity contribution in [1.82, 2.24) is 15.0 Å². The molecule has 6 nitrogen and oxygen atoms in total. The lowest BCUT2D eigenvalue weighted by molar-refractivity contribution is 0.143. The Balaban J connectivity index is 1.19. The average Bonchev–Trinajstić information content (AvgIpc) is 3.23. The first-order chi connectivity index (χ1) is 15.7. The Morgan fingerprint density at radius 3 is 2.59 bits per heavy atom. The molecule has 1 saturated heterocycles. The van der Waals surface area contributed by atoms with Gasteiger partial charge in [-0.15, -0.1) is 0 Å². The van der Waals surface area contributed by atoms with Crippen molar-refractivity contribution in [2.45, 2.75) is 6.54 Å². The van der Waals surface area contributed by atoms with Gasteiger partial charge in [0.05, 0.1) is 5.39 Å². The molecule has 5 rings (SSSR count). The van der Waals surface area contributed by atoms with Gasteiger partial charge >= 0.3 is 6.03 Å². The van der Waals surface area contributed by atoms with E-state index < -0.39 is 0 Å². The van der Waals surface area contributed by atoms with Crippen molar-refractivity contribution in [1.29, 1.82) is 0 Å². The minimum Gasteiger partial charge on any atom is -0.354 e. The SMILES string of the molecule is O=C(Nc1noc2ccccc12)N1CCN(Cc2cccc(-c3ccccc3F)c2)CC1. The second-order valence-electron chi connectivity index (χ2n) is 7.90. The zero-order valence-electron chi connectivity index (χ0n) is 17.5. The first-order valence-corrected chi connectivity index (χ1v) is 10.6. The molecule has 1 aliphatic heterocycles. The molecule has 0 radical (unpaired) electrons. The van der Waals surface area contributed by atoms with E-state index in [1.165, 1.54) is 6.07 Å². The van der Waals surface area contributed by atoms with Crippen molar-refractivity contribution < 1.29 is 13.7 Å². The van der Waals surface area contributed by atoms with Gasteiger partial charge in [0, 0.05) is 38.3 Å². The second-order valence-corrected chi connectivity index (χ2v) is 7.90. The Morgan fingerprint density at radius 2 is 1.75 bits per heavy atom. The number of aromatic nitrogens is 1. The average molecular weight is 430 g/mol. The van der Waals surface area contributed by atoms with Gasteiger partial charge in [-0.25, -0.2) is 9.18 Å². The zero-order valence-corrected chi connectivity index (χ0v) is 17.5. The van der Waals surface area contributed by atoms with Crippen LogP contribution in [0.5, 0.6) is 0 Å². The summed E-state index contributed by atoms with van der Waals surface area (Å²) in [6, 6.07) is 22.1. The first kappa shape index (κ1) is 20.2. The van der Waals surface area contributed by atoms with Gasteiger partial charge in [-0.3, -0.25) is 10.2 Å². The lowest BCUT2D eigenvalue weighted by Crippen LogP contribution is -2.49. The number of urea groups is 1. The Kier molecular flexibility index (Phi) is 5.56. The van der Waals surface area contributed by atoms with Crippen LogP contribution >= 0.6 is 0 Å². The lowest BCUT2D eigenvalue weighted by atomic mass is 10.0. The molecule has 1 N–H and O–H groups in total. The van der Waals surface area contributed by atoms with Gasteiger partial charge in [-0.05, 0) is 35.4 Å². The van der Waals surface area contributed by atoms with Crippen LogP contribution in [0, 0.1) is 5.82 Å². The first-order valence-electron chi connectivity index (χ1n) is 10.6. The molecule has 162 valence electrons. The molecule has 0 atom stereocenters. The van der Waals surface area contributed by atoms with Crippen molar-refractivity contribution in [3.63, 3.8) is 0 Å². The number of hydrogen-bond donors (Lipinski definition) is 1. The Morgan fingerprint density at radius 1 is 0.969 bits per heavy atom. The maximum Gasteiger partial charge on any atom is 0.323 e. The summed E-state index contributed by atoms with van der Waals surface area (Å²) in [6.45, 7) is 3.52. The molecular formula is C25H23FN4O2. The summed E-state index contributed by atoms with van der Waals surface area (Å²) in [7, 11) is 0. The number of nitrogens with one attached hydrogen (secondary N) is 1. The fraction of sp³-hybridized carbons (Fsp3) is 0.200. The van der Waals surface area contributed by atoms with Crippen LogP contribution in [-0.2, 0) is 6.54 Å². The van der Waals surface area contributed by atoms with Gasteiger partial charge in [0.2, 0.25) is 0 Å². The number of para-hydroxylation sites is 1. The van der Waals surface area contributed by atoms with Crippen molar-refractivity contribution in [2.24, 2.45) is 0 Å². The highest BCUT2D eigenvalue weighted by atomic mass is 19.1. The zero-order chi connectivity index (χ0) is 21.9. The highest BCUT2D eigenvalue weighted by Gasteiger charge is 2.22. The smallest absolute Gasteiger partial charge is 0.323 e. The van der Waals surface area contributed by atoms with E-state index in [2.05, 4.69) is 21.4 Å². The molecular weight excluding hydrogens is 407 g/mol. The number of amides is 2. The summed E-state index contributed by atoms with van der Waals surface area (Å²) >= 11 is 0. The summed E-state index contributed by atoms with van der Waals surface area (Å²) in [5.74, 6) is 0.224. The molecule has 0 aliphatic carbocycles. The maximum absolute atomic E-state index is 14.1.